The quantitative estimate of drug-likeness (QED) is 0.818. The lowest BCUT2D eigenvalue weighted by atomic mass is 10.3. The summed E-state index contributed by atoms with van der Waals surface area (Å²) in [5.74, 6) is -0.298. The van der Waals surface area contributed by atoms with Gasteiger partial charge in [0.25, 0.3) is 0 Å². The number of H-pyrrole nitrogens is 1. The van der Waals surface area contributed by atoms with E-state index in [9.17, 15) is 4.39 Å². The molecule has 0 atom stereocenters. The van der Waals surface area contributed by atoms with Crippen molar-refractivity contribution in [2.24, 2.45) is 0 Å². The number of pyridine rings is 1. The Balaban J connectivity index is 1.80. The SMILES string of the molecule is Fc1cnc2cc(CN3CCNCC3)[nH]c2c1. The lowest BCUT2D eigenvalue weighted by molar-refractivity contribution is 0.231. The van der Waals surface area contributed by atoms with Crippen LogP contribution in [-0.2, 0) is 6.54 Å². The lowest BCUT2D eigenvalue weighted by Crippen LogP contribution is -2.42. The van der Waals surface area contributed by atoms with E-state index in [-0.39, 0.29) is 5.82 Å². The van der Waals surface area contributed by atoms with Gasteiger partial charge in [0.15, 0.2) is 0 Å². The molecule has 0 saturated carbocycles. The molecule has 0 aromatic carbocycles. The van der Waals surface area contributed by atoms with Gasteiger partial charge in [-0.1, -0.05) is 0 Å². The van der Waals surface area contributed by atoms with Crippen molar-refractivity contribution in [3.8, 4) is 0 Å². The van der Waals surface area contributed by atoms with Crippen molar-refractivity contribution in [1.29, 1.82) is 0 Å². The Morgan fingerprint density at radius 3 is 2.94 bits per heavy atom. The van der Waals surface area contributed by atoms with Gasteiger partial charge in [-0.3, -0.25) is 9.88 Å². The van der Waals surface area contributed by atoms with Crippen LogP contribution in [-0.4, -0.2) is 41.0 Å². The standard InChI is InChI=1S/C12H15FN4/c13-9-5-12-11(15-7-9)6-10(16-12)8-17-3-1-14-2-4-17/h5-7,14,16H,1-4,8H2. The van der Waals surface area contributed by atoms with Gasteiger partial charge in [0.2, 0.25) is 0 Å². The number of aromatic nitrogens is 2. The summed E-state index contributed by atoms with van der Waals surface area (Å²) in [4.78, 5) is 9.65. The van der Waals surface area contributed by atoms with Crippen LogP contribution in [0.5, 0.6) is 0 Å². The second kappa shape index (κ2) is 4.43. The van der Waals surface area contributed by atoms with Crippen molar-refractivity contribution >= 4 is 11.0 Å². The third-order valence-electron chi connectivity index (χ3n) is 3.09. The third kappa shape index (κ3) is 2.30. The van der Waals surface area contributed by atoms with Crippen LogP contribution in [0.25, 0.3) is 11.0 Å². The normalized spacial score (nSPS) is 17.7. The van der Waals surface area contributed by atoms with Gasteiger partial charge < -0.3 is 10.3 Å². The number of fused-ring (bicyclic) bond motifs is 1. The zero-order chi connectivity index (χ0) is 11.7. The van der Waals surface area contributed by atoms with Gasteiger partial charge in [-0.15, -0.1) is 0 Å². The van der Waals surface area contributed by atoms with E-state index in [4.69, 9.17) is 0 Å². The van der Waals surface area contributed by atoms with Crippen molar-refractivity contribution in [3.63, 3.8) is 0 Å². The Hall–Kier alpha value is -1.46. The zero-order valence-corrected chi connectivity index (χ0v) is 9.54. The average molecular weight is 234 g/mol. The number of nitrogens with one attached hydrogen (secondary N) is 2. The maximum Gasteiger partial charge on any atom is 0.143 e. The number of halogens is 1. The van der Waals surface area contributed by atoms with Crippen LogP contribution in [0, 0.1) is 5.82 Å². The van der Waals surface area contributed by atoms with E-state index in [0.717, 1.165) is 49.5 Å². The zero-order valence-electron chi connectivity index (χ0n) is 9.54. The molecule has 1 aliphatic heterocycles. The number of nitrogens with zero attached hydrogens (tertiary/aromatic N) is 2. The van der Waals surface area contributed by atoms with Crippen LogP contribution < -0.4 is 5.32 Å². The van der Waals surface area contributed by atoms with E-state index in [1.165, 1.54) is 12.3 Å². The molecule has 2 aromatic heterocycles. The minimum absolute atomic E-state index is 0.298. The van der Waals surface area contributed by atoms with E-state index in [1.807, 2.05) is 6.07 Å². The van der Waals surface area contributed by atoms with Crippen molar-refractivity contribution in [2.75, 3.05) is 26.2 Å². The van der Waals surface area contributed by atoms with E-state index < -0.39 is 0 Å². The maximum atomic E-state index is 13.0. The average Bonchev–Trinajstić information content (AvgIpc) is 2.71. The highest BCUT2D eigenvalue weighted by atomic mass is 19.1. The molecule has 2 aromatic rings. The molecule has 1 aliphatic rings. The third-order valence-corrected chi connectivity index (χ3v) is 3.09. The van der Waals surface area contributed by atoms with Gasteiger partial charge in [0.1, 0.15) is 5.82 Å². The molecule has 3 rings (SSSR count). The minimum atomic E-state index is -0.298. The molecule has 0 aliphatic carbocycles. The Labute approximate surface area is 98.8 Å². The first-order valence-electron chi connectivity index (χ1n) is 5.87. The molecular weight excluding hydrogens is 219 g/mol. The fourth-order valence-corrected chi connectivity index (χ4v) is 2.23. The van der Waals surface area contributed by atoms with E-state index >= 15 is 0 Å². The van der Waals surface area contributed by atoms with Gasteiger partial charge in [-0.2, -0.15) is 0 Å². The Morgan fingerprint density at radius 2 is 2.12 bits per heavy atom. The van der Waals surface area contributed by atoms with E-state index in [0.29, 0.717) is 0 Å². The summed E-state index contributed by atoms with van der Waals surface area (Å²) in [6, 6.07) is 3.49. The van der Waals surface area contributed by atoms with Crippen LogP contribution in [0.15, 0.2) is 18.3 Å². The molecule has 0 unspecified atom stereocenters. The van der Waals surface area contributed by atoms with Crippen LogP contribution in [0.3, 0.4) is 0 Å². The largest absolute Gasteiger partial charge is 0.356 e. The molecule has 4 nitrogen and oxygen atoms in total. The topological polar surface area (TPSA) is 44.0 Å². The molecule has 0 spiro atoms. The molecule has 5 heteroatoms. The molecule has 0 radical (unpaired) electrons. The predicted octanol–water partition coefficient (Wildman–Crippen LogP) is 1.11. The Morgan fingerprint density at radius 1 is 1.29 bits per heavy atom. The van der Waals surface area contributed by atoms with Crippen LogP contribution in [0.2, 0.25) is 0 Å². The van der Waals surface area contributed by atoms with E-state index in [2.05, 4.69) is 20.2 Å². The molecule has 0 bridgehead atoms. The highest BCUT2D eigenvalue weighted by molar-refractivity contribution is 5.75. The summed E-state index contributed by atoms with van der Waals surface area (Å²) in [6.45, 7) is 5.05. The first-order chi connectivity index (χ1) is 8.31. The summed E-state index contributed by atoms with van der Waals surface area (Å²) in [7, 11) is 0. The first-order valence-corrected chi connectivity index (χ1v) is 5.87. The summed E-state index contributed by atoms with van der Waals surface area (Å²) >= 11 is 0. The van der Waals surface area contributed by atoms with Gasteiger partial charge in [-0.05, 0) is 6.07 Å². The number of rotatable bonds is 2. The van der Waals surface area contributed by atoms with E-state index in [1.54, 1.807) is 0 Å². The van der Waals surface area contributed by atoms with Crippen molar-refractivity contribution in [1.82, 2.24) is 20.2 Å². The molecule has 2 N–H and O–H groups in total. The van der Waals surface area contributed by atoms with Gasteiger partial charge in [0, 0.05) is 44.5 Å². The predicted molar refractivity (Wildman–Crippen MR) is 64.2 cm³/mol. The van der Waals surface area contributed by atoms with Crippen LogP contribution in [0.1, 0.15) is 5.69 Å². The molecule has 90 valence electrons. The summed E-state index contributed by atoms with van der Waals surface area (Å²) < 4.78 is 13.0. The summed E-state index contributed by atoms with van der Waals surface area (Å²) in [5.41, 5.74) is 2.70. The monoisotopic (exact) mass is 234 g/mol. The highest BCUT2D eigenvalue weighted by Crippen LogP contribution is 2.15. The van der Waals surface area contributed by atoms with Gasteiger partial charge >= 0.3 is 0 Å². The molecular formula is C12H15FN4. The smallest absolute Gasteiger partial charge is 0.143 e. The Kier molecular flexibility index (Phi) is 2.78. The second-order valence-corrected chi connectivity index (χ2v) is 4.41. The lowest BCUT2D eigenvalue weighted by Gasteiger charge is -2.26. The molecule has 3 heterocycles. The minimum Gasteiger partial charge on any atom is -0.356 e. The molecule has 1 saturated heterocycles. The first kappa shape index (κ1) is 10.7. The van der Waals surface area contributed by atoms with Gasteiger partial charge in [-0.25, -0.2) is 4.39 Å². The van der Waals surface area contributed by atoms with Crippen molar-refractivity contribution < 1.29 is 4.39 Å². The maximum absolute atomic E-state index is 13.0. The number of piperazine rings is 1. The highest BCUT2D eigenvalue weighted by Gasteiger charge is 2.11. The van der Waals surface area contributed by atoms with Crippen LogP contribution >= 0.6 is 0 Å². The molecule has 0 amide bonds. The molecule has 17 heavy (non-hydrogen) atoms. The fraction of sp³-hybridized carbons (Fsp3) is 0.417. The number of hydrogen-bond donors (Lipinski definition) is 2. The van der Waals surface area contributed by atoms with Gasteiger partial charge in [0.05, 0.1) is 17.2 Å². The summed E-state index contributed by atoms with van der Waals surface area (Å²) in [6.07, 6.45) is 1.25. The summed E-state index contributed by atoms with van der Waals surface area (Å²) in [5, 5.41) is 3.32. The van der Waals surface area contributed by atoms with Crippen molar-refractivity contribution in [3.05, 3.63) is 29.8 Å². The number of aromatic amines is 1. The van der Waals surface area contributed by atoms with Crippen molar-refractivity contribution in [2.45, 2.75) is 6.54 Å². The molecule has 1 fully saturated rings. The second-order valence-electron chi connectivity index (χ2n) is 4.41. The Bertz CT molecular complexity index is 516. The van der Waals surface area contributed by atoms with Crippen LogP contribution in [0.4, 0.5) is 4.39 Å². The number of hydrogen-bond acceptors (Lipinski definition) is 3. The fourth-order valence-electron chi connectivity index (χ4n) is 2.23.